The van der Waals surface area contributed by atoms with E-state index in [1.165, 1.54) is 16.9 Å². The molecule has 19 heavy (non-hydrogen) atoms. The minimum absolute atomic E-state index is 0.842. The lowest BCUT2D eigenvalue weighted by molar-refractivity contribution is 0.122. The molecule has 0 radical (unpaired) electrons. The largest absolute Gasteiger partial charge is 0.378 e. The van der Waals surface area contributed by atoms with E-state index >= 15 is 0 Å². The van der Waals surface area contributed by atoms with E-state index in [0.29, 0.717) is 0 Å². The van der Waals surface area contributed by atoms with Gasteiger partial charge in [0, 0.05) is 39.3 Å². The van der Waals surface area contributed by atoms with Crippen molar-refractivity contribution in [1.82, 2.24) is 5.32 Å². The normalized spacial score (nSPS) is 20.7. The molecule has 3 rings (SSSR count). The van der Waals surface area contributed by atoms with Crippen molar-refractivity contribution >= 4 is 11.4 Å². The van der Waals surface area contributed by atoms with Crippen molar-refractivity contribution in [2.24, 2.45) is 0 Å². The minimum Gasteiger partial charge on any atom is -0.378 e. The topological polar surface area (TPSA) is 27.7 Å². The molecule has 0 saturated carbocycles. The molecule has 2 fully saturated rings. The van der Waals surface area contributed by atoms with Crippen LogP contribution in [0.15, 0.2) is 18.2 Å². The van der Waals surface area contributed by atoms with Crippen LogP contribution in [-0.2, 0) is 4.74 Å². The predicted molar refractivity (Wildman–Crippen MR) is 79.3 cm³/mol. The SMILES string of the molecule is Cc1ccc(N2CCNCC2)c(N2CCOCC2)c1. The van der Waals surface area contributed by atoms with E-state index < -0.39 is 0 Å². The third-order valence-corrected chi connectivity index (χ3v) is 3.94. The fourth-order valence-corrected chi connectivity index (χ4v) is 2.86. The quantitative estimate of drug-likeness (QED) is 0.867. The summed E-state index contributed by atoms with van der Waals surface area (Å²) in [7, 11) is 0. The molecule has 2 aliphatic rings. The first-order chi connectivity index (χ1) is 9.34. The van der Waals surface area contributed by atoms with Crippen molar-refractivity contribution in [3.63, 3.8) is 0 Å². The number of hydrogen-bond acceptors (Lipinski definition) is 4. The van der Waals surface area contributed by atoms with Gasteiger partial charge in [-0.25, -0.2) is 0 Å². The van der Waals surface area contributed by atoms with E-state index in [0.717, 1.165) is 52.5 Å². The average molecular weight is 261 g/mol. The maximum absolute atomic E-state index is 5.47. The highest BCUT2D eigenvalue weighted by molar-refractivity contribution is 5.72. The second kappa shape index (κ2) is 5.80. The van der Waals surface area contributed by atoms with Gasteiger partial charge in [-0.05, 0) is 24.6 Å². The Labute approximate surface area is 115 Å². The molecule has 104 valence electrons. The molecule has 0 bridgehead atoms. The highest BCUT2D eigenvalue weighted by Gasteiger charge is 2.19. The molecule has 0 spiro atoms. The zero-order chi connectivity index (χ0) is 13.1. The van der Waals surface area contributed by atoms with Crippen LogP contribution in [0.3, 0.4) is 0 Å². The van der Waals surface area contributed by atoms with Gasteiger partial charge in [-0.3, -0.25) is 0 Å². The average Bonchev–Trinajstić information content (AvgIpc) is 2.49. The van der Waals surface area contributed by atoms with Gasteiger partial charge in [0.2, 0.25) is 0 Å². The van der Waals surface area contributed by atoms with Gasteiger partial charge in [-0.2, -0.15) is 0 Å². The predicted octanol–water partition coefficient (Wildman–Crippen LogP) is 1.24. The van der Waals surface area contributed by atoms with E-state index in [-0.39, 0.29) is 0 Å². The zero-order valence-electron chi connectivity index (χ0n) is 11.7. The molecule has 4 nitrogen and oxygen atoms in total. The van der Waals surface area contributed by atoms with Crippen LogP contribution in [0.4, 0.5) is 11.4 Å². The molecule has 0 amide bonds. The Bertz CT molecular complexity index is 423. The molecule has 4 heteroatoms. The fourth-order valence-electron chi connectivity index (χ4n) is 2.86. The van der Waals surface area contributed by atoms with Gasteiger partial charge in [0.05, 0.1) is 24.6 Å². The summed E-state index contributed by atoms with van der Waals surface area (Å²) in [6.45, 7) is 10.2. The molecule has 0 aliphatic carbocycles. The lowest BCUT2D eigenvalue weighted by atomic mass is 10.1. The number of rotatable bonds is 2. The Kier molecular flexibility index (Phi) is 3.89. The number of nitrogens with zero attached hydrogens (tertiary/aromatic N) is 2. The zero-order valence-corrected chi connectivity index (χ0v) is 11.7. The first-order valence-electron chi connectivity index (χ1n) is 7.23. The minimum atomic E-state index is 0.842. The summed E-state index contributed by atoms with van der Waals surface area (Å²) in [6.07, 6.45) is 0. The number of hydrogen-bond donors (Lipinski definition) is 1. The van der Waals surface area contributed by atoms with Crippen LogP contribution in [0.25, 0.3) is 0 Å². The number of nitrogens with one attached hydrogen (secondary N) is 1. The van der Waals surface area contributed by atoms with Crippen LogP contribution in [0.2, 0.25) is 0 Å². The van der Waals surface area contributed by atoms with Gasteiger partial charge >= 0.3 is 0 Å². The summed E-state index contributed by atoms with van der Waals surface area (Å²) in [5.74, 6) is 0. The molecular formula is C15H23N3O. The van der Waals surface area contributed by atoms with Gasteiger partial charge in [0.1, 0.15) is 0 Å². The molecule has 0 aromatic heterocycles. The maximum Gasteiger partial charge on any atom is 0.0642 e. The Hall–Kier alpha value is -1.26. The van der Waals surface area contributed by atoms with Gasteiger partial charge in [-0.15, -0.1) is 0 Å². The highest BCUT2D eigenvalue weighted by atomic mass is 16.5. The Morgan fingerprint density at radius 3 is 2.37 bits per heavy atom. The fraction of sp³-hybridized carbons (Fsp3) is 0.600. The van der Waals surface area contributed by atoms with Gasteiger partial charge in [0.25, 0.3) is 0 Å². The maximum atomic E-state index is 5.47. The lowest BCUT2D eigenvalue weighted by Crippen LogP contribution is -2.45. The molecule has 0 unspecified atom stereocenters. The van der Waals surface area contributed by atoms with Gasteiger partial charge < -0.3 is 19.9 Å². The molecular weight excluding hydrogens is 238 g/mol. The smallest absolute Gasteiger partial charge is 0.0642 e. The van der Waals surface area contributed by atoms with Gasteiger partial charge in [0.15, 0.2) is 0 Å². The monoisotopic (exact) mass is 261 g/mol. The number of anilines is 2. The van der Waals surface area contributed by atoms with E-state index in [9.17, 15) is 0 Å². The first kappa shape index (κ1) is 12.8. The number of ether oxygens (including phenoxy) is 1. The number of benzene rings is 1. The summed E-state index contributed by atoms with van der Waals surface area (Å²) in [4.78, 5) is 4.97. The van der Waals surface area contributed by atoms with Crippen molar-refractivity contribution in [2.45, 2.75) is 6.92 Å². The number of aryl methyl sites for hydroxylation is 1. The number of morpholine rings is 1. The summed E-state index contributed by atoms with van der Waals surface area (Å²) < 4.78 is 5.47. The van der Waals surface area contributed by atoms with Crippen LogP contribution in [0.5, 0.6) is 0 Å². The molecule has 0 atom stereocenters. The second-order valence-electron chi connectivity index (χ2n) is 5.33. The van der Waals surface area contributed by atoms with E-state index in [1.54, 1.807) is 0 Å². The van der Waals surface area contributed by atoms with Crippen molar-refractivity contribution in [3.05, 3.63) is 23.8 Å². The Morgan fingerprint density at radius 2 is 1.63 bits per heavy atom. The third-order valence-electron chi connectivity index (χ3n) is 3.94. The van der Waals surface area contributed by atoms with Crippen LogP contribution >= 0.6 is 0 Å². The van der Waals surface area contributed by atoms with Crippen LogP contribution in [-0.4, -0.2) is 52.5 Å². The van der Waals surface area contributed by atoms with E-state index in [1.807, 2.05) is 0 Å². The van der Waals surface area contributed by atoms with Crippen molar-refractivity contribution in [1.29, 1.82) is 0 Å². The van der Waals surface area contributed by atoms with E-state index in [4.69, 9.17) is 4.74 Å². The number of piperazine rings is 1. The summed E-state index contributed by atoms with van der Waals surface area (Å²) in [5.41, 5.74) is 4.10. The first-order valence-corrected chi connectivity index (χ1v) is 7.23. The Balaban J connectivity index is 1.88. The molecule has 1 N–H and O–H groups in total. The molecule has 2 aliphatic heterocycles. The highest BCUT2D eigenvalue weighted by Crippen LogP contribution is 2.31. The van der Waals surface area contributed by atoms with E-state index in [2.05, 4.69) is 40.2 Å². The standard InChI is InChI=1S/C15H23N3O/c1-13-2-3-14(17-6-4-16-5-7-17)15(12-13)18-8-10-19-11-9-18/h2-3,12,16H,4-11H2,1H3. The molecule has 1 aromatic rings. The van der Waals surface area contributed by atoms with Crippen LogP contribution in [0, 0.1) is 6.92 Å². The van der Waals surface area contributed by atoms with Crippen LogP contribution < -0.4 is 15.1 Å². The van der Waals surface area contributed by atoms with Crippen molar-refractivity contribution in [2.75, 3.05) is 62.3 Å². The van der Waals surface area contributed by atoms with Crippen molar-refractivity contribution < 1.29 is 4.74 Å². The molecule has 1 aromatic carbocycles. The molecule has 2 heterocycles. The second-order valence-corrected chi connectivity index (χ2v) is 5.33. The van der Waals surface area contributed by atoms with Crippen LogP contribution in [0.1, 0.15) is 5.56 Å². The van der Waals surface area contributed by atoms with Crippen molar-refractivity contribution in [3.8, 4) is 0 Å². The summed E-state index contributed by atoms with van der Waals surface area (Å²) in [5, 5.41) is 3.42. The Morgan fingerprint density at radius 1 is 0.947 bits per heavy atom. The van der Waals surface area contributed by atoms with Gasteiger partial charge in [-0.1, -0.05) is 6.07 Å². The lowest BCUT2D eigenvalue weighted by Gasteiger charge is -2.36. The summed E-state index contributed by atoms with van der Waals surface area (Å²) in [6, 6.07) is 6.83. The third kappa shape index (κ3) is 2.85. The summed E-state index contributed by atoms with van der Waals surface area (Å²) >= 11 is 0. The molecule has 2 saturated heterocycles.